The Labute approximate surface area is 98.5 Å². The normalized spacial score (nSPS) is 15.5. The molecule has 0 spiro atoms. The van der Waals surface area contributed by atoms with Crippen LogP contribution >= 0.6 is 0 Å². The van der Waals surface area contributed by atoms with Crippen molar-refractivity contribution in [3.63, 3.8) is 0 Å². The molecule has 1 aromatic carbocycles. The molecule has 0 fully saturated rings. The van der Waals surface area contributed by atoms with Gasteiger partial charge in [0.25, 0.3) is 0 Å². The van der Waals surface area contributed by atoms with Gasteiger partial charge in [-0.15, -0.1) is 0 Å². The highest BCUT2D eigenvalue weighted by Crippen LogP contribution is 2.36. The first-order chi connectivity index (χ1) is 8.13. The Morgan fingerprint density at radius 1 is 1.47 bits per heavy atom. The van der Waals surface area contributed by atoms with E-state index in [0.717, 1.165) is 0 Å². The lowest BCUT2D eigenvalue weighted by molar-refractivity contribution is 0.0956. The summed E-state index contributed by atoms with van der Waals surface area (Å²) in [5.41, 5.74) is 6.24. The quantitative estimate of drug-likeness (QED) is 0.811. The zero-order valence-corrected chi connectivity index (χ0v) is 9.53. The second-order valence-electron chi connectivity index (χ2n) is 3.95. The third kappa shape index (κ3) is 2.24. The maximum absolute atomic E-state index is 12.7. The average molecular weight is 239 g/mol. The van der Waals surface area contributed by atoms with Crippen LogP contribution in [0.4, 0.5) is 4.39 Å². The molecule has 2 N–H and O–H groups in total. The summed E-state index contributed by atoms with van der Waals surface area (Å²) in [7, 11) is 0. The summed E-state index contributed by atoms with van der Waals surface area (Å²) in [6.45, 7) is 1.70. The monoisotopic (exact) mass is 239 g/mol. The number of carbonyl (C=O) groups is 1. The highest BCUT2D eigenvalue weighted by Gasteiger charge is 2.23. The zero-order valence-electron chi connectivity index (χ0n) is 9.53. The van der Waals surface area contributed by atoms with E-state index in [1.54, 1.807) is 13.0 Å². The number of fused-ring (bicyclic) bond motifs is 1. The highest BCUT2D eigenvalue weighted by atomic mass is 19.1. The van der Waals surface area contributed by atoms with Gasteiger partial charge >= 0.3 is 0 Å². The number of rotatable bonds is 3. The van der Waals surface area contributed by atoms with E-state index in [9.17, 15) is 9.18 Å². The minimum Gasteiger partial charge on any atom is -0.486 e. The largest absolute Gasteiger partial charge is 0.486 e. The minimum atomic E-state index is -0.657. The second-order valence-corrected chi connectivity index (χ2v) is 3.95. The number of carbonyl (C=O) groups excluding carboxylic acids is 1. The molecule has 1 aromatic rings. The van der Waals surface area contributed by atoms with Crippen LogP contribution in [0.5, 0.6) is 11.5 Å². The third-order valence-corrected chi connectivity index (χ3v) is 2.54. The molecule has 1 atom stereocenters. The number of ether oxygens (including phenoxy) is 2. The van der Waals surface area contributed by atoms with Gasteiger partial charge in [0.05, 0.1) is 11.6 Å². The van der Waals surface area contributed by atoms with Gasteiger partial charge in [-0.2, -0.15) is 0 Å². The lowest BCUT2D eigenvalue weighted by Crippen LogP contribution is -2.28. The number of nitrogens with two attached hydrogens (primary N) is 1. The fourth-order valence-corrected chi connectivity index (χ4v) is 1.72. The number of Topliss-reactive ketones (excluding diaryl/α,β-unsaturated/α-hetero) is 1. The molecule has 1 aliphatic rings. The van der Waals surface area contributed by atoms with Gasteiger partial charge in [0.2, 0.25) is 0 Å². The molecule has 0 aliphatic carbocycles. The molecule has 0 saturated carbocycles. The maximum atomic E-state index is 12.7. The number of hydrogen-bond acceptors (Lipinski definition) is 4. The predicted molar refractivity (Wildman–Crippen MR) is 60.2 cm³/mol. The van der Waals surface area contributed by atoms with Crippen molar-refractivity contribution in [1.82, 2.24) is 0 Å². The van der Waals surface area contributed by atoms with E-state index in [2.05, 4.69) is 0 Å². The molecule has 0 radical (unpaired) electrons. The van der Waals surface area contributed by atoms with Crippen molar-refractivity contribution in [1.29, 1.82) is 0 Å². The molecule has 0 bridgehead atoms. The summed E-state index contributed by atoms with van der Waals surface area (Å²) < 4.78 is 23.5. The summed E-state index contributed by atoms with van der Waals surface area (Å²) in [5, 5.41) is 0. The van der Waals surface area contributed by atoms with Crippen LogP contribution in [-0.4, -0.2) is 25.0 Å². The predicted octanol–water partition coefficient (Wildman–Crippen LogP) is 1.46. The van der Waals surface area contributed by atoms with Crippen molar-refractivity contribution in [3.8, 4) is 11.5 Å². The number of alkyl halides is 1. The Hall–Kier alpha value is -1.62. The fraction of sp³-hybridized carbons (Fsp3) is 0.417. The molecule has 92 valence electrons. The van der Waals surface area contributed by atoms with Crippen LogP contribution in [0.3, 0.4) is 0 Å². The van der Waals surface area contributed by atoms with Crippen LogP contribution < -0.4 is 15.2 Å². The van der Waals surface area contributed by atoms with Crippen molar-refractivity contribution in [2.24, 2.45) is 5.73 Å². The van der Waals surface area contributed by atoms with E-state index < -0.39 is 12.7 Å². The van der Waals surface area contributed by atoms with Crippen molar-refractivity contribution >= 4 is 5.78 Å². The average Bonchev–Trinajstić information content (AvgIpc) is 2.36. The Morgan fingerprint density at radius 3 is 2.82 bits per heavy atom. The van der Waals surface area contributed by atoms with Gasteiger partial charge < -0.3 is 15.2 Å². The first kappa shape index (κ1) is 11.9. The number of halogens is 1. The van der Waals surface area contributed by atoms with E-state index in [0.29, 0.717) is 35.8 Å². The topological polar surface area (TPSA) is 61.6 Å². The molecule has 0 amide bonds. The first-order valence-electron chi connectivity index (χ1n) is 5.41. The molecule has 5 heteroatoms. The Kier molecular flexibility index (Phi) is 3.28. The summed E-state index contributed by atoms with van der Waals surface area (Å²) in [6.07, 6.45) is 0. The number of hydrogen-bond donors (Lipinski definition) is 1. The molecule has 1 heterocycles. The van der Waals surface area contributed by atoms with E-state index in [1.165, 1.54) is 6.07 Å². The lowest BCUT2D eigenvalue weighted by atomic mass is 10.0. The van der Waals surface area contributed by atoms with Crippen molar-refractivity contribution in [2.75, 3.05) is 13.2 Å². The van der Waals surface area contributed by atoms with Crippen LogP contribution in [0, 0.1) is 0 Å². The second kappa shape index (κ2) is 4.71. The Morgan fingerprint density at radius 2 is 2.18 bits per heavy atom. The maximum Gasteiger partial charge on any atom is 0.183 e. The molecular weight excluding hydrogens is 225 g/mol. The number of ketones is 1. The van der Waals surface area contributed by atoms with E-state index in [-0.39, 0.29) is 5.78 Å². The molecule has 17 heavy (non-hydrogen) atoms. The highest BCUT2D eigenvalue weighted by molar-refractivity contribution is 6.03. The van der Waals surface area contributed by atoms with Gasteiger partial charge in [-0.3, -0.25) is 4.79 Å². The lowest BCUT2D eigenvalue weighted by Gasteiger charge is -2.22. The summed E-state index contributed by atoms with van der Waals surface area (Å²) in [6, 6.07) is 2.37. The van der Waals surface area contributed by atoms with Gasteiger partial charge in [-0.05, 0) is 24.6 Å². The van der Waals surface area contributed by atoms with Gasteiger partial charge in [-0.25, -0.2) is 4.39 Å². The summed E-state index contributed by atoms with van der Waals surface area (Å²) in [4.78, 5) is 11.9. The van der Waals surface area contributed by atoms with Crippen LogP contribution in [0.25, 0.3) is 0 Å². The van der Waals surface area contributed by atoms with Gasteiger partial charge in [0.1, 0.15) is 19.9 Å². The first-order valence-corrected chi connectivity index (χ1v) is 5.41. The van der Waals surface area contributed by atoms with Crippen LogP contribution in [0.2, 0.25) is 0 Å². The standard InChI is InChI=1S/C12H14FNO3/c1-7(14)11(15)9-4-8(6-13)5-10-12(9)17-3-2-16-10/h4-5,7H,2-3,6,14H2,1H3. The zero-order chi connectivity index (χ0) is 12.4. The molecule has 4 nitrogen and oxygen atoms in total. The van der Waals surface area contributed by atoms with Gasteiger partial charge in [0, 0.05) is 0 Å². The minimum absolute atomic E-state index is 0.276. The smallest absolute Gasteiger partial charge is 0.183 e. The molecule has 1 unspecified atom stereocenters. The van der Waals surface area contributed by atoms with Crippen LogP contribution in [0.1, 0.15) is 22.8 Å². The molecule has 0 saturated heterocycles. The summed E-state index contributed by atoms with van der Waals surface area (Å²) >= 11 is 0. The van der Waals surface area contributed by atoms with Crippen LogP contribution in [-0.2, 0) is 6.67 Å². The van der Waals surface area contributed by atoms with Crippen molar-refractivity contribution in [2.45, 2.75) is 19.6 Å². The fourth-order valence-electron chi connectivity index (χ4n) is 1.72. The molecule has 0 aromatic heterocycles. The molecule has 2 rings (SSSR count). The Balaban J connectivity index is 2.51. The van der Waals surface area contributed by atoms with E-state index in [1.807, 2.05) is 0 Å². The molecular formula is C12H14FNO3. The SMILES string of the molecule is CC(N)C(=O)c1cc(CF)cc2c1OCCO2. The van der Waals surface area contributed by atoms with E-state index >= 15 is 0 Å². The van der Waals surface area contributed by atoms with Gasteiger partial charge in [-0.1, -0.05) is 0 Å². The summed E-state index contributed by atoms with van der Waals surface area (Å²) in [5.74, 6) is 0.508. The van der Waals surface area contributed by atoms with Crippen molar-refractivity contribution in [3.05, 3.63) is 23.3 Å². The third-order valence-electron chi connectivity index (χ3n) is 2.54. The van der Waals surface area contributed by atoms with Crippen LogP contribution in [0.15, 0.2) is 12.1 Å². The van der Waals surface area contributed by atoms with E-state index in [4.69, 9.17) is 15.2 Å². The molecule has 1 aliphatic heterocycles. The van der Waals surface area contributed by atoms with Gasteiger partial charge in [0.15, 0.2) is 17.3 Å². The Bertz CT molecular complexity index is 446. The number of benzene rings is 1. The van der Waals surface area contributed by atoms with Crippen molar-refractivity contribution < 1.29 is 18.7 Å².